The van der Waals surface area contributed by atoms with E-state index in [4.69, 9.17) is 19.0 Å². The molecule has 0 bridgehead atoms. The van der Waals surface area contributed by atoms with E-state index in [1.807, 2.05) is 14.1 Å². The van der Waals surface area contributed by atoms with Crippen LogP contribution in [0.1, 0.15) is 194 Å². The first-order valence-electron chi connectivity index (χ1n) is 22.1. The normalized spacial score (nSPS) is 11.7. The second-order valence-corrected chi connectivity index (χ2v) is 16.7. The van der Waals surface area contributed by atoms with Gasteiger partial charge in [-0.2, -0.15) is 0 Å². The fourth-order valence-electron chi connectivity index (χ4n) is 6.77. The van der Waals surface area contributed by atoms with Gasteiger partial charge in [-0.3, -0.25) is 19.2 Å². The molecule has 0 atom stereocenters. The zero-order valence-corrected chi connectivity index (χ0v) is 36.2. The van der Waals surface area contributed by atoms with Gasteiger partial charge in [-0.05, 0) is 44.9 Å². The number of quaternary nitrogens is 2. The van der Waals surface area contributed by atoms with E-state index in [1.54, 1.807) is 0 Å². The van der Waals surface area contributed by atoms with E-state index < -0.39 is 0 Å². The van der Waals surface area contributed by atoms with Crippen LogP contribution in [0.25, 0.3) is 0 Å². The number of hydrogen-bond donors (Lipinski definition) is 0. The molecule has 0 aliphatic carbocycles. The third kappa shape index (κ3) is 39.5. The summed E-state index contributed by atoms with van der Waals surface area (Å²) in [5, 5.41) is 0. The molecule has 0 fully saturated rings. The van der Waals surface area contributed by atoms with Crippen LogP contribution in [0.2, 0.25) is 0 Å². The highest BCUT2D eigenvalue weighted by molar-refractivity contribution is 5.69. The molecular weight excluding hydrogens is 684 g/mol. The highest BCUT2D eigenvalue weighted by atomic mass is 16.7. The molecule has 10 heteroatoms. The highest BCUT2D eigenvalue weighted by Crippen LogP contribution is 2.15. The van der Waals surface area contributed by atoms with E-state index in [9.17, 15) is 19.2 Å². The Labute approximate surface area is 331 Å². The van der Waals surface area contributed by atoms with Gasteiger partial charge < -0.3 is 18.7 Å². The smallest absolute Gasteiger partial charge is 0.363 e. The van der Waals surface area contributed by atoms with Crippen LogP contribution >= 0.6 is 0 Å². The first-order valence-corrected chi connectivity index (χ1v) is 22.1. The summed E-state index contributed by atoms with van der Waals surface area (Å²) in [5.41, 5.74) is 0. The predicted octanol–water partition coefficient (Wildman–Crippen LogP) is 10.2. The van der Waals surface area contributed by atoms with Crippen molar-refractivity contribution in [1.82, 2.24) is 0 Å². The van der Waals surface area contributed by atoms with Gasteiger partial charge in [0.15, 0.2) is 0 Å². The van der Waals surface area contributed by atoms with Crippen molar-refractivity contribution in [3.05, 3.63) is 0 Å². The molecule has 0 unspecified atom stereocenters. The lowest BCUT2D eigenvalue weighted by atomic mass is 10.1. The molecule has 0 radical (unpaired) electrons. The molecule has 0 aromatic carbocycles. The summed E-state index contributed by atoms with van der Waals surface area (Å²) in [6.07, 6.45) is 31.1. The van der Waals surface area contributed by atoms with Gasteiger partial charge in [-0.1, -0.05) is 116 Å². The Kier molecular flexibility index (Phi) is 33.8. The number of carbonyl (C=O) groups is 4. The maximum absolute atomic E-state index is 12.0. The Morgan fingerprint density at radius 2 is 0.685 bits per heavy atom. The number of carbonyl (C=O) groups excluding carboxylic acids is 4. The summed E-state index contributed by atoms with van der Waals surface area (Å²) in [5.74, 6) is -0.532. The van der Waals surface area contributed by atoms with Gasteiger partial charge in [-0.25, -0.2) is 4.79 Å². The Bertz CT molecular complexity index is 940. The number of nitrogens with zero attached hydrogens (tertiary/aromatic N) is 2. The average Bonchev–Trinajstić information content (AvgIpc) is 3.09. The van der Waals surface area contributed by atoms with Gasteiger partial charge >= 0.3 is 23.9 Å². The van der Waals surface area contributed by atoms with Crippen molar-refractivity contribution in [3.63, 3.8) is 0 Å². The number of unbranched alkanes of at least 4 members (excludes halogenated alkanes) is 23. The van der Waals surface area contributed by atoms with Crippen LogP contribution in [0.15, 0.2) is 0 Å². The van der Waals surface area contributed by atoms with Crippen molar-refractivity contribution < 1.29 is 47.4 Å². The van der Waals surface area contributed by atoms with E-state index in [0.717, 1.165) is 94.7 Å². The summed E-state index contributed by atoms with van der Waals surface area (Å²) in [7, 11) is 8.24. The molecule has 0 saturated carbocycles. The second-order valence-electron chi connectivity index (χ2n) is 16.7. The largest absolute Gasteiger partial charge is 0.466 e. The SMILES string of the molecule is CC(=O)OCC[N+](C)(C)CCCCCCCCCCCOC(=O)CCCCCCCCCCC(=O)OCCCCCCCCCCC[N+](C)(C)OC(C)=O. The molecule has 0 amide bonds. The van der Waals surface area contributed by atoms with Gasteiger partial charge in [0.1, 0.15) is 33.8 Å². The minimum absolute atomic E-state index is 0.0488. The van der Waals surface area contributed by atoms with Gasteiger partial charge in [0.25, 0.3) is 0 Å². The van der Waals surface area contributed by atoms with Crippen LogP contribution in [0, 0.1) is 0 Å². The number of rotatable bonds is 39. The number of likely N-dealkylation sites (N-methyl/N-ethyl adjacent to an activating group) is 1. The first kappa shape index (κ1) is 51.8. The minimum atomic E-state index is -0.230. The van der Waals surface area contributed by atoms with Gasteiger partial charge in [-0.15, -0.1) is 4.65 Å². The molecule has 54 heavy (non-hydrogen) atoms. The lowest BCUT2D eigenvalue weighted by Gasteiger charge is -2.29. The molecule has 0 saturated heterocycles. The number of hydrogen-bond acceptors (Lipinski definition) is 8. The Hall–Kier alpha value is -2.20. The lowest BCUT2D eigenvalue weighted by Crippen LogP contribution is -2.43. The van der Waals surface area contributed by atoms with E-state index >= 15 is 0 Å². The zero-order valence-electron chi connectivity index (χ0n) is 36.2. The quantitative estimate of drug-likeness (QED) is 0.0200. The van der Waals surface area contributed by atoms with E-state index in [0.29, 0.717) is 37.3 Å². The maximum Gasteiger partial charge on any atom is 0.363 e. The third-order valence-electron chi connectivity index (χ3n) is 10.2. The molecule has 0 aromatic heterocycles. The van der Waals surface area contributed by atoms with Crippen LogP contribution in [0.3, 0.4) is 0 Å². The molecule has 0 rings (SSSR count). The molecule has 318 valence electrons. The first-order chi connectivity index (χ1) is 25.8. The van der Waals surface area contributed by atoms with Crippen molar-refractivity contribution in [1.29, 1.82) is 0 Å². The number of esters is 3. The molecule has 0 aliphatic rings. The summed E-state index contributed by atoms with van der Waals surface area (Å²) in [6, 6.07) is 0. The van der Waals surface area contributed by atoms with E-state index in [1.165, 1.54) is 110 Å². The van der Waals surface area contributed by atoms with Crippen LogP contribution < -0.4 is 0 Å². The number of ether oxygens (including phenoxy) is 3. The topological polar surface area (TPSA) is 105 Å². The van der Waals surface area contributed by atoms with Gasteiger partial charge in [0, 0.05) is 33.1 Å². The molecule has 0 N–H and O–H groups in total. The summed E-state index contributed by atoms with van der Waals surface area (Å²) in [4.78, 5) is 51.4. The molecule has 10 nitrogen and oxygen atoms in total. The Balaban J connectivity index is 3.36. The Morgan fingerprint density at radius 3 is 1.06 bits per heavy atom. The summed E-state index contributed by atoms with van der Waals surface area (Å²) < 4.78 is 17.1. The van der Waals surface area contributed by atoms with Crippen molar-refractivity contribution in [2.45, 2.75) is 194 Å². The lowest BCUT2D eigenvalue weighted by molar-refractivity contribution is -1.06. The number of hydroxylamine groups is 3. The van der Waals surface area contributed by atoms with Crippen LogP contribution in [0.4, 0.5) is 0 Å². The van der Waals surface area contributed by atoms with Crippen molar-refractivity contribution in [3.8, 4) is 0 Å². The fraction of sp³-hybridized carbons (Fsp3) is 0.909. The van der Waals surface area contributed by atoms with E-state index in [2.05, 4.69) is 14.1 Å². The Morgan fingerprint density at radius 1 is 0.352 bits per heavy atom. The third-order valence-corrected chi connectivity index (χ3v) is 10.2. The predicted molar refractivity (Wildman–Crippen MR) is 218 cm³/mol. The van der Waals surface area contributed by atoms with Crippen molar-refractivity contribution in [2.75, 3.05) is 67.6 Å². The van der Waals surface area contributed by atoms with Gasteiger partial charge in [0.05, 0.1) is 33.9 Å². The summed E-state index contributed by atoms with van der Waals surface area (Å²) >= 11 is 0. The van der Waals surface area contributed by atoms with Crippen LogP contribution in [-0.2, 0) is 38.2 Å². The van der Waals surface area contributed by atoms with E-state index in [-0.39, 0.29) is 23.9 Å². The molecular formula is C44H86N2O8+2. The molecule has 0 aromatic rings. The maximum atomic E-state index is 12.0. The van der Waals surface area contributed by atoms with Gasteiger partial charge in [0.2, 0.25) is 0 Å². The minimum Gasteiger partial charge on any atom is -0.466 e. The standard InChI is InChI=1S/C44H86N2O8/c1-41(47)51-40-37-45(3,4)35-29-23-17-11-7-13-19-25-31-38-52-43(49)33-27-21-15-9-10-16-22-28-34-44(50)53-39-32-26-20-14-8-12-18-24-30-36-46(5,6)54-42(2)48/h7-40H2,1-6H3/q+2. The van der Waals surface area contributed by atoms with Crippen LogP contribution in [-0.4, -0.2) is 101 Å². The second kappa shape index (κ2) is 35.2. The average molecular weight is 771 g/mol. The highest BCUT2D eigenvalue weighted by Gasteiger charge is 2.19. The van der Waals surface area contributed by atoms with Crippen molar-refractivity contribution >= 4 is 23.9 Å². The van der Waals surface area contributed by atoms with Crippen molar-refractivity contribution in [2.24, 2.45) is 0 Å². The summed E-state index contributed by atoms with van der Waals surface area (Å²) in [6.45, 7) is 7.37. The molecule has 0 spiro atoms. The zero-order chi connectivity index (χ0) is 40.2. The molecule has 0 aliphatic heterocycles. The fourth-order valence-corrected chi connectivity index (χ4v) is 6.77. The molecule has 0 heterocycles. The van der Waals surface area contributed by atoms with Crippen LogP contribution in [0.5, 0.6) is 0 Å². The monoisotopic (exact) mass is 771 g/mol.